The summed E-state index contributed by atoms with van der Waals surface area (Å²) in [6, 6.07) is 16.5. The molecule has 27 heavy (non-hydrogen) atoms. The van der Waals surface area contributed by atoms with Crippen LogP contribution in [0.15, 0.2) is 53.3 Å². The molecule has 2 aromatic carbocycles. The van der Waals surface area contributed by atoms with E-state index in [1.54, 1.807) is 35.2 Å². The highest BCUT2D eigenvalue weighted by molar-refractivity contribution is 5.78. The molecule has 0 radical (unpaired) electrons. The first-order valence-corrected chi connectivity index (χ1v) is 8.85. The van der Waals surface area contributed by atoms with Gasteiger partial charge < -0.3 is 9.88 Å². The largest absolute Gasteiger partial charge is 0.335 e. The number of amides is 1. The summed E-state index contributed by atoms with van der Waals surface area (Å²) in [6.07, 6.45) is 0.959. The molecule has 136 valence electrons. The predicted molar refractivity (Wildman–Crippen MR) is 103 cm³/mol. The van der Waals surface area contributed by atoms with E-state index in [1.807, 2.05) is 25.1 Å². The molecule has 0 aliphatic heterocycles. The molecule has 0 unspecified atom stereocenters. The zero-order valence-corrected chi connectivity index (χ0v) is 15.1. The molecule has 6 nitrogen and oxygen atoms in total. The number of carbonyl (C=O) groups is 1. The van der Waals surface area contributed by atoms with Gasteiger partial charge in [0.25, 0.3) is 5.56 Å². The van der Waals surface area contributed by atoms with Crippen molar-refractivity contribution in [1.29, 1.82) is 5.26 Å². The Kier molecular flexibility index (Phi) is 5.62. The molecular formula is C21H20N4O2. The molecule has 1 heterocycles. The van der Waals surface area contributed by atoms with Crippen molar-refractivity contribution in [3.05, 3.63) is 75.8 Å². The highest BCUT2D eigenvalue weighted by Crippen LogP contribution is 2.10. The number of nitriles is 1. The van der Waals surface area contributed by atoms with E-state index in [-0.39, 0.29) is 18.0 Å². The van der Waals surface area contributed by atoms with Crippen LogP contribution >= 0.6 is 0 Å². The number of H-pyrrole nitrogens is 1. The van der Waals surface area contributed by atoms with Gasteiger partial charge in [-0.3, -0.25) is 9.59 Å². The maximum Gasteiger partial charge on any atom is 0.258 e. The Morgan fingerprint density at radius 3 is 2.63 bits per heavy atom. The molecule has 0 bridgehead atoms. The molecule has 6 heteroatoms. The van der Waals surface area contributed by atoms with E-state index in [2.05, 4.69) is 16.0 Å². The van der Waals surface area contributed by atoms with Crippen LogP contribution in [0.4, 0.5) is 0 Å². The number of rotatable bonds is 6. The van der Waals surface area contributed by atoms with Crippen LogP contribution in [0, 0.1) is 11.3 Å². The number of fused-ring (bicyclic) bond motifs is 1. The van der Waals surface area contributed by atoms with E-state index in [9.17, 15) is 9.59 Å². The number of nitrogens with one attached hydrogen (secondary N) is 1. The molecule has 3 aromatic rings. The fourth-order valence-corrected chi connectivity index (χ4v) is 2.92. The molecule has 1 amide bonds. The maximum absolute atomic E-state index is 12.6. The smallest absolute Gasteiger partial charge is 0.258 e. The minimum absolute atomic E-state index is 0.00216. The molecule has 0 saturated heterocycles. The average molecular weight is 360 g/mol. The van der Waals surface area contributed by atoms with Gasteiger partial charge >= 0.3 is 0 Å². The molecular weight excluding hydrogens is 340 g/mol. The van der Waals surface area contributed by atoms with Gasteiger partial charge in [0.05, 0.1) is 29.1 Å². The number of carbonyl (C=O) groups excluding carboxylic acids is 1. The molecule has 1 aromatic heterocycles. The minimum atomic E-state index is -0.198. The van der Waals surface area contributed by atoms with Gasteiger partial charge in [-0.25, -0.2) is 4.98 Å². The first-order valence-electron chi connectivity index (χ1n) is 8.85. The number of hydrogen-bond donors (Lipinski definition) is 1. The molecule has 0 aliphatic rings. The highest BCUT2D eigenvalue weighted by Gasteiger charge is 2.14. The van der Waals surface area contributed by atoms with Crippen molar-refractivity contribution in [3.8, 4) is 6.07 Å². The lowest BCUT2D eigenvalue weighted by Crippen LogP contribution is -2.32. The Bertz CT molecular complexity index is 1050. The van der Waals surface area contributed by atoms with Gasteiger partial charge in [0, 0.05) is 13.0 Å². The topological polar surface area (TPSA) is 89.8 Å². The third-order valence-electron chi connectivity index (χ3n) is 4.45. The highest BCUT2D eigenvalue weighted by atomic mass is 16.2. The summed E-state index contributed by atoms with van der Waals surface area (Å²) in [5.74, 6) is 0.477. The molecule has 0 aliphatic carbocycles. The van der Waals surface area contributed by atoms with E-state index < -0.39 is 0 Å². The van der Waals surface area contributed by atoms with Gasteiger partial charge in [0.2, 0.25) is 5.91 Å². The van der Waals surface area contributed by atoms with Crippen molar-refractivity contribution in [2.75, 3.05) is 6.54 Å². The molecule has 0 saturated carbocycles. The predicted octanol–water partition coefficient (Wildman–Crippen LogP) is 2.78. The SMILES string of the molecule is CCN(Cc1nc2ccccc2c(=O)[nH]1)C(=O)CCc1ccc(C#N)cc1. The summed E-state index contributed by atoms with van der Waals surface area (Å²) in [6.45, 7) is 2.70. The van der Waals surface area contributed by atoms with Gasteiger partial charge in [-0.1, -0.05) is 24.3 Å². The number of para-hydroxylation sites is 1. The molecule has 3 rings (SSSR count). The summed E-state index contributed by atoms with van der Waals surface area (Å²) in [5, 5.41) is 9.37. The zero-order chi connectivity index (χ0) is 19.2. The molecule has 0 spiro atoms. The van der Waals surface area contributed by atoms with Crippen LogP contribution in [-0.2, 0) is 17.8 Å². The zero-order valence-electron chi connectivity index (χ0n) is 15.1. The quantitative estimate of drug-likeness (QED) is 0.732. The van der Waals surface area contributed by atoms with Crippen molar-refractivity contribution in [2.24, 2.45) is 0 Å². The maximum atomic E-state index is 12.6. The summed E-state index contributed by atoms with van der Waals surface area (Å²) in [7, 11) is 0. The van der Waals surface area contributed by atoms with E-state index in [0.29, 0.717) is 41.7 Å². The van der Waals surface area contributed by atoms with Crippen LogP contribution in [0.2, 0.25) is 0 Å². The first-order chi connectivity index (χ1) is 13.1. The third kappa shape index (κ3) is 4.39. The fraction of sp³-hybridized carbons (Fsp3) is 0.238. The normalized spacial score (nSPS) is 10.5. The van der Waals surface area contributed by atoms with Crippen LogP contribution < -0.4 is 5.56 Å². The fourth-order valence-electron chi connectivity index (χ4n) is 2.92. The van der Waals surface area contributed by atoms with Gasteiger partial charge in [-0.15, -0.1) is 0 Å². The van der Waals surface area contributed by atoms with Gasteiger partial charge in [0.1, 0.15) is 5.82 Å². The molecule has 1 N–H and O–H groups in total. The van der Waals surface area contributed by atoms with Crippen LogP contribution in [0.3, 0.4) is 0 Å². The van der Waals surface area contributed by atoms with Crippen LogP contribution in [0.5, 0.6) is 0 Å². The molecule has 0 fully saturated rings. The Balaban J connectivity index is 1.68. The van der Waals surface area contributed by atoms with Crippen LogP contribution in [-0.4, -0.2) is 27.3 Å². The Labute approximate surface area is 157 Å². The first kappa shape index (κ1) is 18.3. The number of benzene rings is 2. The lowest BCUT2D eigenvalue weighted by atomic mass is 10.1. The van der Waals surface area contributed by atoms with Gasteiger partial charge in [0.15, 0.2) is 0 Å². The number of hydrogen-bond acceptors (Lipinski definition) is 4. The van der Waals surface area contributed by atoms with Gasteiger partial charge in [-0.05, 0) is 43.2 Å². The van der Waals surface area contributed by atoms with E-state index in [4.69, 9.17) is 5.26 Å². The summed E-state index contributed by atoms with van der Waals surface area (Å²) >= 11 is 0. The van der Waals surface area contributed by atoms with Crippen LogP contribution in [0.25, 0.3) is 10.9 Å². The monoisotopic (exact) mass is 360 g/mol. The van der Waals surface area contributed by atoms with Crippen molar-refractivity contribution >= 4 is 16.8 Å². The summed E-state index contributed by atoms with van der Waals surface area (Å²) in [5.41, 5.74) is 2.04. The Morgan fingerprint density at radius 1 is 1.19 bits per heavy atom. The Morgan fingerprint density at radius 2 is 1.93 bits per heavy atom. The van der Waals surface area contributed by atoms with Crippen molar-refractivity contribution < 1.29 is 4.79 Å². The number of aromatic amines is 1. The Hall–Kier alpha value is -3.46. The number of nitrogens with zero attached hydrogens (tertiary/aromatic N) is 3. The molecule has 0 atom stereocenters. The summed E-state index contributed by atoms with van der Waals surface area (Å²) in [4.78, 5) is 33.7. The van der Waals surface area contributed by atoms with E-state index in [0.717, 1.165) is 5.56 Å². The standard InChI is InChI=1S/C21H20N4O2/c1-2-25(20(26)12-11-15-7-9-16(13-22)10-8-15)14-19-23-18-6-4-3-5-17(18)21(27)24-19/h3-10H,2,11-12,14H2,1H3,(H,23,24,27). The average Bonchev–Trinajstić information content (AvgIpc) is 2.70. The minimum Gasteiger partial charge on any atom is -0.335 e. The second-order valence-electron chi connectivity index (χ2n) is 6.25. The van der Waals surface area contributed by atoms with Crippen LogP contribution in [0.1, 0.15) is 30.3 Å². The summed E-state index contributed by atoms with van der Waals surface area (Å²) < 4.78 is 0. The van der Waals surface area contributed by atoms with Crippen molar-refractivity contribution in [3.63, 3.8) is 0 Å². The second kappa shape index (κ2) is 8.28. The lowest BCUT2D eigenvalue weighted by molar-refractivity contribution is -0.131. The van der Waals surface area contributed by atoms with E-state index >= 15 is 0 Å². The van der Waals surface area contributed by atoms with Crippen molar-refractivity contribution in [1.82, 2.24) is 14.9 Å². The second-order valence-corrected chi connectivity index (χ2v) is 6.25. The third-order valence-corrected chi connectivity index (χ3v) is 4.45. The number of aromatic nitrogens is 2. The van der Waals surface area contributed by atoms with Gasteiger partial charge in [-0.2, -0.15) is 5.26 Å². The lowest BCUT2D eigenvalue weighted by Gasteiger charge is -2.20. The number of aryl methyl sites for hydroxylation is 1. The van der Waals surface area contributed by atoms with Crippen molar-refractivity contribution in [2.45, 2.75) is 26.3 Å². The van der Waals surface area contributed by atoms with E-state index in [1.165, 1.54) is 0 Å².